The number of aliphatic hydroxyl groups is 2. The summed E-state index contributed by atoms with van der Waals surface area (Å²) in [6, 6.07) is 0. The van der Waals surface area contributed by atoms with Crippen molar-refractivity contribution >= 4 is 5.97 Å². The minimum atomic E-state index is -1.22. The van der Waals surface area contributed by atoms with Gasteiger partial charge in [0.05, 0.1) is 67.5 Å². The third-order valence-electron chi connectivity index (χ3n) is 18.5. The molecule has 398 valence electrons. The number of rotatable bonds is 14. The first-order chi connectivity index (χ1) is 33.4. The first-order valence-corrected chi connectivity index (χ1v) is 26.0. The van der Waals surface area contributed by atoms with Gasteiger partial charge in [-0.25, -0.2) is 0 Å². The van der Waals surface area contributed by atoms with E-state index in [9.17, 15) is 15.0 Å². The topological polar surface area (TPSA) is 205 Å². The van der Waals surface area contributed by atoms with Gasteiger partial charge in [-0.05, 0) is 79.1 Å². The maximum Gasteiger partial charge on any atom is 0.302 e. The second-order valence-corrected chi connectivity index (χ2v) is 22.3. The van der Waals surface area contributed by atoms with Gasteiger partial charge in [0.15, 0.2) is 36.7 Å². The molecule has 19 nitrogen and oxygen atoms in total. The lowest BCUT2D eigenvalue weighted by molar-refractivity contribution is -0.359. The molecule has 0 aromatic carbocycles. The Morgan fingerprint density at radius 2 is 1.29 bits per heavy atom. The minimum absolute atomic E-state index is 0.0378. The smallest absolute Gasteiger partial charge is 0.302 e. The molecule has 0 radical (unpaired) electrons. The van der Waals surface area contributed by atoms with Crippen molar-refractivity contribution in [1.82, 2.24) is 0 Å². The lowest BCUT2D eigenvalue weighted by Gasteiger charge is -2.60. The summed E-state index contributed by atoms with van der Waals surface area (Å²) in [4.78, 5) is 12.4. The number of ether oxygens (including phenoxy) is 16. The van der Waals surface area contributed by atoms with Gasteiger partial charge in [-0.15, -0.1) is 0 Å². The van der Waals surface area contributed by atoms with Gasteiger partial charge >= 0.3 is 5.97 Å². The van der Waals surface area contributed by atoms with Crippen molar-refractivity contribution in [2.45, 2.75) is 235 Å². The summed E-state index contributed by atoms with van der Waals surface area (Å²) >= 11 is 0. The summed E-state index contributed by atoms with van der Waals surface area (Å²) in [6.45, 7) is 14.3. The Morgan fingerprint density at radius 3 is 1.84 bits per heavy atom. The Kier molecular flexibility index (Phi) is 14.8. The molecule has 2 N–H and O–H groups in total. The zero-order valence-electron chi connectivity index (χ0n) is 42.9. The van der Waals surface area contributed by atoms with E-state index < -0.39 is 104 Å². The highest BCUT2D eigenvalue weighted by Crippen LogP contribution is 2.76. The predicted octanol–water partition coefficient (Wildman–Crippen LogP) is 4.04. The van der Waals surface area contributed by atoms with Crippen LogP contribution in [0.4, 0.5) is 0 Å². The molecule has 0 amide bonds. The summed E-state index contributed by atoms with van der Waals surface area (Å²) in [5.41, 5.74) is 0.815. The predicted molar refractivity (Wildman–Crippen MR) is 242 cm³/mol. The van der Waals surface area contributed by atoms with Crippen LogP contribution in [0.1, 0.15) is 106 Å². The average molecular weight is 997 g/mol. The largest absolute Gasteiger partial charge is 0.465 e. The van der Waals surface area contributed by atoms with E-state index in [2.05, 4.69) is 19.9 Å². The van der Waals surface area contributed by atoms with E-state index in [4.69, 9.17) is 75.8 Å². The molecule has 19 heteroatoms. The van der Waals surface area contributed by atoms with Crippen molar-refractivity contribution in [3.8, 4) is 0 Å². The number of carbonyl (C=O) groups excluding carboxylic acids is 1. The van der Waals surface area contributed by atoms with E-state index in [0.29, 0.717) is 32.5 Å². The van der Waals surface area contributed by atoms with Gasteiger partial charge in [0.1, 0.15) is 43.2 Å². The van der Waals surface area contributed by atoms with E-state index in [0.717, 1.165) is 38.5 Å². The number of fused-ring (bicyclic) bond motifs is 3. The first kappa shape index (κ1) is 52.0. The fourth-order valence-corrected chi connectivity index (χ4v) is 15.2. The van der Waals surface area contributed by atoms with Crippen LogP contribution in [-0.2, 0) is 80.6 Å². The van der Waals surface area contributed by atoms with Gasteiger partial charge in [-0.1, -0.05) is 18.6 Å². The summed E-state index contributed by atoms with van der Waals surface area (Å²) < 4.78 is 101. The minimum Gasteiger partial charge on any atom is -0.465 e. The second kappa shape index (κ2) is 19.9. The number of carbonyl (C=O) groups is 1. The summed E-state index contributed by atoms with van der Waals surface area (Å²) in [7, 11) is 6.35. The molecule has 10 rings (SSSR count). The standard InChI is InChI=1S/C51H80O19/c1-24-40(53)45(58-11)41(54)47(64-24)68-44-27(4)63-39(21-35(44)57-10)67-43-26(3)62-38(20-34(43)56-9)66-42-25(2)61-37(19-33(42)55-8)65-30-14-17-50(23-59-28(5)52)29(18-30)12-13-32-31(50)15-16-48(6)46-36-22-60-49(46,7)70-51(32,48)69-36/h12,24-27,30-47,53-54H,13-23H2,1-11H3. The SMILES string of the molecule is COC1CC(OC2CCC3(COC(C)=O)C(=CCC4C3CCC3(C)C5C6COC5(C)OC43O6)C2)OC(C)C1OC1CC(OC)C(OC2CC(OC)C(OC3OC(C)C(O)C(OC)C3O)C(C)O2)C(C)O1. The van der Waals surface area contributed by atoms with Crippen molar-refractivity contribution in [2.24, 2.45) is 28.6 Å². The van der Waals surface area contributed by atoms with Crippen molar-refractivity contribution in [3.05, 3.63) is 11.6 Å². The molecule has 10 aliphatic rings. The molecule has 7 aliphatic heterocycles. The maximum absolute atomic E-state index is 12.4. The highest BCUT2D eigenvalue weighted by Gasteiger charge is 2.83. The summed E-state index contributed by atoms with van der Waals surface area (Å²) in [5.74, 6) is -1.09. The van der Waals surface area contributed by atoms with E-state index in [-0.39, 0.29) is 59.0 Å². The Balaban J connectivity index is 0.741. The molecule has 26 atom stereocenters. The Labute approximate surface area is 412 Å². The molecule has 2 bridgehead atoms. The van der Waals surface area contributed by atoms with E-state index in [1.165, 1.54) is 19.6 Å². The Morgan fingerprint density at radius 1 is 0.700 bits per heavy atom. The zero-order chi connectivity index (χ0) is 49.7. The number of methoxy groups -OCH3 is 4. The van der Waals surface area contributed by atoms with Crippen LogP contribution >= 0.6 is 0 Å². The lowest BCUT2D eigenvalue weighted by Crippen LogP contribution is -2.61. The van der Waals surface area contributed by atoms with Crippen LogP contribution in [-0.4, -0.2) is 186 Å². The number of esters is 1. The highest BCUT2D eigenvalue weighted by atomic mass is 16.8. The average Bonchev–Trinajstić information content (AvgIpc) is 3.82. The van der Waals surface area contributed by atoms with Gasteiger partial charge in [-0.2, -0.15) is 0 Å². The van der Waals surface area contributed by atoms with Crippen LogP contribution in [0.25, 0.3) is 0 Å². The zero-order valence-corrected chi connectivity index (χ0v) is 42.9. The molecule has 3 aliphatic carbocycles. The molecular weight excluding hydrogens is 917 g/mol. The van der Waals surface area contributed by atoms with Gasteiger partial charge in [0.25, 0.3) is 0 Å². The Hall–Kier alpha value is -1.47. The number of aliphatic hydroxyl groups excluding tert-OH is 2. The molecule has 0 aromatic heterocycles. The lowest BCUT2D eigenvalue weighted by atomic mass is 9.47. The number of hydrogen-bond acceptors (Lipinski definition) is 19. The molecule has 9 fully saturated rings. The molecule has 0 spiro atoms. The summed E-state index contributed by atoms with van der Waals surface area (Å²) in [6.07, 6.45) is -2.13. The Bertz CT molecular complexity index is 1890. The van der Waals surface area contributed by atoms with Crippen molar-refractivity contribution < 1.29 is 90.8 Å². The molecule has 7 heterocycles. The van der Waals surface area contributed by atoms with Crippen molar-refractivity contribution in [1.29, 1.82) is 0 Å². The van der Waals surface area contributed by atoms with Crippen LogP contribution < -0.4 is 0 Å². The third kappa shape index (κ3) is 8.67. The van der Waals surface area contributed by atoms with Gasteiger partial charge in [0, 0.05) is 71.4 Å². The molecular formula is C51H80O19. The van der Waals surface area contributed by atoms with Gasteiger partial charge in [-0.3, -0.25) is 4.79 Å². The van der Waals surface area contributed by atoms with Crippen molar-refractivity contribution in [3.63, 3.8) is 0 Å². The van der Waals surface area contributed by atoms with Gasteiger partial charge in [0.2, 0.25) is 0 Å². The maximum atomic E-state index is 12.4. The van der Waals surface area contributed by atoms with Crippen LogP contribution in [0.3, 0.4) is 0 Å². The van der Waals surface area contributed by atoms with Crippen LogP contribution in [0.15, 0.2) is 11.6 Å². The van der Waals surface area contributed by atoms with Crippen molar-refractivity contribution in [2.75, 3.05) is 41.7 Å². The second-order valence-electron chi connectivity index (χ2n) is 22.3. The fraction of sp³-hybridized carbons (Fsp3) is 0.941. The number of allylic oxidation sites excluding steroid dienone is 1. The van der Waals surface area contributed by atoms with Crippen LogP contribution in [0.2, 0.25) is 0 Å². The third-order valence-corrected chi connectivity index (χ3v) is 18.5. The number of hydrogen-bond donors (Lipinski definition) is 2. The molecule has 0 aromatic rings. The molecule has 2 saturated carbocycles. The molecule has 7 saturated heterocycles. The first-order valence-electron chi connectivity index (χ1n) is 26.0. The highest BCUT2D eigenvalue weighted by molar-refractivity contribution is 5.66. The summed E-state index contributed by atoms with van der Waals surface area (Å²) in [5, 5.41) is 21.4. The molecule has 26 unspecified atom stereocenters. The molecule has 70 heavy (non-hydrogen) atoms. The normalized spacial score (nSPS) is 54.0. The van der Waals surface area contributed by atoms with Crippen LogP contribution in [0, 0.1) is 28.6 Å². The van der Waals surface area contributed by atoms with E-state index >= 15 is 0 Å². The quantitative estimate of drug-likeness (QED) is 0.186. The van der Waals surface area contributed by atoms with Crippen LogP contribution in [0.5, 0.6) is 0 Å². The van der Waals surface area contributed by atoms with E-state index in [1.54, 1.807) is 28.3 Å². The van der Waals surface area contributed by atoms with Gasteiger partial charge < -0.3 is 86.0 Å². The monoisotopic (exact) mass is 997 g/mol. The van der Waals surface area contributed by atoms with E-state index in [1.807, 2.05) is 20.8 Å². The fourth-order valence-electron chi connectivity index (χ4n) is 15.2.